The van der Waals surface area contributed by atoms with Crippen LogP contribution in [-0.2, 0) is 0 Å². The number of likely N-dealkylation sites (tertiary alicyclic amines) is 1. The Labute approximate surface area is 80.8 Å². The van der Waals surface area contributed by atoms with Crippen LogP contribution in [0.25, 0.3) is 0 Å². The second kappa shape index (κ2) is 3.93. The van der Waals surface area contributed by atoms with E-state index < -0.39 is 0 Å². The average molecular weight is 178 g/mol. The van der Waals surface area contributed by atoms with E-state index in [1.807, 2.05) is 0 Å². The summed E-state index contributed by atoms with van der Waals surface area (Å²) < 4.78 is 0. The Morgan fingerprint density at radius 3 is 2.46 bits per heavy atom. The van der Waals surface area contributed by atoms with E-state index in [0.29, 0.717) is 0 Å². The molecule has 0 aromatic heterocycles. The summed E-state index contributed by atoms with van der Waals surface area (Å²) in [5.74, 6) is 0. The normalized spacial score (nSPS) is 22.2. The summed E-state index contributed by atoms with van der Waals surface area (Å²) in [6, 6.07) is 2.41. The third kappa shape index (κ3) is 2.86. The lowest BCUT2D eigenvalue weighted by Gasteiger charge is -2.34. The Morgan fingerprint density at radius 1 is 1.54 bits per heavy atom. The van der Waals surface area contributed by atoms with Crippen LogP contribution in [0.3, 0.4) is 0 Å². The van der Waals surface area contributed by atoms with Crippen molar-refractivity contribution in [2.75, 3.05) is 19.6 Å². The Hall–Kier alpha value is -0.810. The van der Waals surface area contributed by atoms with E-state index in [0.717, 1.165) is 32.5 Å². The summed E-state index contributed by atoms with van der Waals surface area (Å²) in [6.45, 7) is 11.1. The maximum atomic E-state index is 8.93. The van der Waals surface area contributed by atoms with Gasteiger partial charge in [0.05, 0.1) is 11.5 Å². The van der Waals surface area contributed by atoms with Gasteiger partial charge in [0, 0.05) is 6.54 Å². The molecule has 1 aliphatic heterocycles. The number of hydrogen-bond acceptors (Lipinski definition) is 2. The van der Waals surface area contributed by atoms with Crippen molar-refractivity contribution in [3.63, 3.8) is 0 Å². The zero-order valence-corrected chi connectivity index (χ0v) is 8.64. The summed E-state index contributed by atoms with van der Waals surface area (Å²) in [4.78, 5) is 2.38. The summed E-state index contributed by atoms with van der Waals surface area (Å²) in [6.07, 6.45) is 1.99. The molecule has 0 N–H and O–H groups in total. The van der Waals surface area contributed by atoms with Gasteiger partial charge >= 0.3 is 0 Å². The van der Waals surface area contributed by atoms with Crippen molar-refractivity contribution >= 4 is 0 Å². The van der Waals surface area contributed by atoms with E-state index in [9.17, 15) is 0 Å². The molecule has 0 radical (unpaired) electrons. The van der Waals surface area contributed by atoms with Gasteiger partial charge in [-0.1, -0.05) is 12.2 Å². The van der Waals surface area contributed by atoms with Gasteiger partial charge in [-0.3, -0.25) is 4.90 Å². The smallest absolute Gasteiger partial charge is 0.0687 e. The lowest BCUT2D eigenvalue weighted by atomic mass is 9.82. The second-order valence-corrected chi connectivity index (χ2v) is 4.41. The molecule has 72 valence electrons. The maximum Gasteiger partial charge on any atom is 0.0687 e. The predicted octanol–water partition coefficient (Wildman–Crippen LogP) is 2.19. The van der Waals surface area contributed by atoms with Crippen LogP contribution in [0.2, 0.25) is 0 Å². The monoisotopic (exact) mass is 178 g/mol. The summed E-state index contributed by atoms with van der Waals surface area (Å²) in [5, 5.41) is 8.93. The van der Waals surface area contributed by atoms with Gasteiger partial charge in [-0.25, -0.2) is 0 Å². The molecule has 13 heavy (non-hydrogen) atoms. The molecule has 0 saturated carbocycles. The van der Waals surface area contributed by atoms with Crippen molar-refractivity contribution in [1.82, 2.24) is 4.90 Å². The molecule has 1 fully saturated rings. The molecule has 1 saturated heterocycles. The third-order valence-electron chi connectivity index (χ3n) is 2.72. The first-order chi connectivity index (χ1) is 6.06. The molecule has 0 atom stereocenters. The lowest BCUT2D eigenvalue weighted by molar-refractivity contribution is 0.167. The number of rotatable bonds is 2. The van der Waals surface area contributed by atoms with Crippen molar-refractivity contribution in [3.05, 3.63) is 12.2 Å². The molecule has 0 amide bonds. The minimum Gasteiger partial charge on any atom is -0.299 e. The molecule has 0 aromatic rings. The Kier molecular flexibility index (Phi) is 3.11. The van der Waals surface area contributed by atoms with E-state index >= 15 is 0 Å². The van der Waals surface area contributed by atoms with Crippen molar-refractivity contribution in [1.29, 1.82) is 5.26 Å². The minimum absolute atomic E-state index is 0.0778. The van der Waals surface area contributed by atoms with Gasteiger partial charge < -0.3 is 0 Å². The molecule has 0 aromatic carbocycles. The topological polar surface area (TPSA) is 27.0 Å². The largest absolute Gasteiger partial charge is 0.299 e. The van der Waals surface area contributed by atoms with Gasteiger partial charge in [0.2, 0.25) is 0 Å². The molecule has 0 unspecified atom stereocenters. The molecule has 1 heterocycles. The van der Waals surface area contributed by atoms with E-state index in [1.165, 1.54) is 5.57 Å². The first-order valence-corrected chi connectivity index (χ1v) is 4.84. The molecule has 0 spiro atoms. The van der Waals surface area contributed by atoms with Gasteiger partial charge in [0.15, 0.2) is 0 Å². The maximum absolute atomic E-state index is 8.93. The van der Waals surface area contributed by atoms with Gasteiger partial charge in [0.1, 0.15) is 0 Å². The van der Waals surface area contributed by atoms with Crippen LogP contribution in [0.4, 0.5) is 0 Å². The van der Waals surface area contributed by atoms with Crippen LogP contribution < -0.4 is 0 Å². The highest BCUT2D eigenvalue weighted by atomic mass is 15.1. The zero-order chi connectivity index (χ0) is 9.90. The SMILES string of the molecule is C=C(C)CN1CCC(C)(C#N)CC1. The first-order valence-electron chi connectivity index (χ1n) is 4.84. The van der Waals surface area contributed by atoms with Crippen molar-refractivity contribution in [2.24, 2.45) is 5.41 Å². The molecular weight excluding hydrogens is 160 g/mol. The number of hydrogen-bond donors (Lipinski definition) is 0. The van der Waals surface area contributed by atoms with E-state index in [4.69, 9.17) is 5.26 Å². The van der Waals surface area contributed by atoms with Crippen LogP contribution in [-0.4, -0.2) is 24.5 Å². The van der Waals surface area contributed by atoms with Gasteiger partial charge in [-0.05, 0) is 39.8 Å². The van der Waals surface area contributed by atoms with E-state index in [2.05, 4.69) is 31.4 Å². The zero-order valence-electron chi connectivity index (χ0n) is 8.64. The highest BCUT2D eigenvalue weighted by molar-refractivity contribution is 5.01. The fourth-order valence-corrected chi connectivity index (χ4v) is 1.70. The highest BCUT2D eigenvalue weighted by Crippen LogP contribution is 2.29. The Bertz CT molecular complexity index is 229. The first kappa shape index (κ1) is 10.3. The van der Waals surface area contributed by atoms with Crippen LogP contribution in [0.15, 0.2) is 12.2 Å². The van der Waals surface area contributed by atoms with Crippen LogP contribution in [0.5, 0.6) is 0 Å². The number of nitrogens with zero attached hydrogens (tertiary/aromatic N) is 2. The third-order valence-corrected chi connectivity index (χ3v) is 2.72. The van der Waals surface area contributed by atoms with Crippen LogP contribution in [0, 0.1) is 16.7 Å². The number of nitriles is 1. The van der Waals surface area contributed by atoms with Crippen molar-refractivity contribution in [3.8, 4) is 6.07 Å². The van der Waals surface area contributed by atoms with Crippen molar-refractivity contribution in [2.45, 2.75) is 26.7 Å². The van der Waals surface area contributed by atoms with Crippen molar-refractivity contribution < 1.29 is 0 Å². The Morgan fingerprint density at radius 2 is 2.08 bits per heavy atom. The fourth-order valence-electron chi connectivity index (χ4n) is 1.70. The molecule has 1 rings (SSSR count). The fraction of sp³-hybridized carbons (Fsp3) is 0.727. The summed E-state index contributed by atoms with van der Waals surface area (Å²) in [7, 11) is 0. The second-order valence-electron chi connectivity index (χ2n) is 4.41. The highest BCUT2D eigenvalue weighted by Gasteiger charge is 2.29. The Balaban J connectivity index is 2.40. The quantitative estimate of drug-likeness (QED) is 0.606. The molecule has 2 heteroatoms. The molecule has 0 aliphatic carbocycles. The number of piperidine rings is 1. The van der Waals surface area contributed by atoms with E-state index in [-0.39, 0.29) is 5.41 Å². The molecular formula is C11H18N2. The van der Waals surface area contributed by atoms with Gasteiger partial charge in [-0.15, -0.1) is 0 Å². The van der Waals surface area contributed by atoms with Gasteiger partial charge in [0.25, 0.3) is 0 Å². The minimum atomic E-state index is -0.0778. The van der Waals surface area contributed by atoms with E-state index in [1.54, 1.807) is 0 Å². The summed E-state index contributed by atoms with van der Waals surface area (Å²) >= 11 is 0. The summed E-state index contributed by atoms with van der Waals surface area (Å²) in [5.41, 5.74) is 1.13. The predicted molar refractivity (Wildman–Crippen MR) is 54.2 cm³/mol. The molecule has 2 nitrogen and oxygen atoms in total. The van der Waals surface area contributed by atoms with Crippen LogP contribution in [0.1, 0.15) is 26.7 Å². The lowest BCUT2D eigenvalue weighted by Crippen LogP contribution is -2.38. The molecule has 1 aliphatic rings. The molecule has 0 bridgehead atoms. The van der Waals surface area contributed by atoms with Gasteiger partial charge in [-0.2, -0.15) is 5.26 Å². The average Bonchev–Trinajstić information content (AvgIpc) is 2.09. The van der Waals surface area contributed by atoms with Crippen LogP contribution >= 0.6 is 0 Å². The standard InChI is InChI=1S/C11H18N2/c1-10(2)8-13-6-4-11(3,9-12)5-7-13/h1,4-8H2,2-3H3.